The van der Waals surface area contributed by atoms with E-state index in [4.69, 9.17) is 21.4 Å². The van der Waals surface area contributed by atoms with Crippen molar-refractivity contribution in [2.24, 2.45) is 5.41 Å². The van der Waals surface area contributed by atoms with E-state index in [1.54, 1.807) is 25.1 Å². The van der Waals surface area contributed by atoms with Gasteiger partial charge >= 0.3 is 5.97 Å². The molecule has 0 radical (unpaired) electrons. The van der Waals surface area contributed by atoms with Crippen molar-refractivity contribution in [1.82, 2.24) is 20.7 Å². The van der Waals surface area contributed by atoms with E-state index in [1.165, 1.54) is 18.3 Å². The average Bonchev–Trinajstić information content (AvgIpc) is 3.41. The summed E-state index contributed by atoms with van der Waals surface area (Å²) in [6, 6.07) is 10.9. The maximum absolute atomic E-state index is 14.3. The van der Waals surface area contributed by atoms with Crippen LogP contribution >= 0.6 is 11.6 Å². The smallest absolute Gasteiger partial charge is 0.309 e. The second-order valence-corrected chi connectivity index (χ2v) is 9.51. The number of aliphatic hydroxyl groups excluding tert-OH is 1. The molecule has 0 saturated heterocycles. The summed E-state index contributed by atoms with van der Waals surface area (Å²) in [6.45, 7) is 2.15. The van der Waals surface area contributed by atoms with Gasteiger partial charge in [-0.25, -0.2) is 4.39 Å². The van der Waals surface area contributed by atoms with Crippen LogP contribution in [0.5, 0.6) is 0 Å². The molecule has 0 spiro atoms. The van der Waals surface area contributed by atoms with E-state index in [2.05, 4.69) is 20.7 Å². The zero-order valence-corrected chi connectivity index (χ0v) is 21.2. The molecule has 0 aliphatic rings. The van der Waals surface area contributed by atoms with Crippen LogP contribution in [-0.2, 0) is 16.0 Å². The third kappa shape index (κ3) is 8.08. The fraction of sp³-hybridized carbons (Fsp3) is 0.385. The Morgan fingerprint density at radius 1 is 1.22 bits per heavy atom. The lowest BCUT2D eigenvalue weighted by atomic mass is 9.79. The molecule has 0 fully saturated rings. The van der Waals surface area contributed by atoms with Crippen LogP contribution < -0.4 is 5.32 Å². The Morgan fingerprint density at radius 3 is 2.62 bits per heavy atom. The minimum atomic E-state index is -1.19. The van der Waals surface area contributed by atoms with Gasteiger partial charge in [0.1, 0.15) is 11.5 Å². The summed E-state index contributed by atoms with van der Waals surface area (Å²) >= 11 is 6.02. The number of rotatable bonds is 14. The van der Waals surface area contributed by atoms with Crippen LogP contribution in [0.1, 0.15) is 42.2 Å². The van der Waals surface area contributed by atoms with Crippen LogP contribution in [0, 0.1) is 11.2 Å². The van der Waals surface area contributed by atoms with Gasteiger partial charge in [0.05, 0.1) is 11.6 Å². The molecule has 0 saturated carbocycles. The number of nitrogens with one attached hydrogen (secondary N) is 2. The predicted octanol–water partition coefficient (Wildman–Crippen LogP) is 3.88. The van der Waals surface area contributed by atoms with Crippen molar-refractivity contribution in [3.05, 3.63) is 70.8 Å². The van der Waals surface area contributed by atoms with Gasteiger partial charge in [0.2, 0.25) is 0 Å². The quantitative estimate of drug-likeness (QED) is 0.231. The van der Waals surface area contributed by atoms with Crippen molar-refractivity contribution >= 4 is 23.5 Å². The number of hydrogen-bond donors (Lipinski definition) is 4. The number of aromatic amines is 1. The zero-order valence-electron chi connectivity index (χ0n) is 20.4. The first-order valence-electron chi connectivity index (χ1n) is 11.8. The molecule has 1 unspecified atom stereocenters. The lowest BCUT2D eigenvalue weighted by molar-refractivity contribution is -0.150. The van der Waals surface area contributed by atoms with E-state index in [0.717, 1.165) is 5.56 Å². The van der Waals surface area contributed by atoms with Crippen LogP contribution in [0.2, 0.25) is 5.02 Å². The summed E-state index contributed by atoms with van der Waals surface area (Å²) in [5, 5.41) is 31.9. The number of aliphatic hydroxyl groups is 1. The highest BCUT2D eigenvalue weighted by Crippen LogP contribution is 2.31. The Bertz CT molecular complexity index is 1180. The number of carbonyl (C=O) groups is 2. The van der Waals surface area contributed by atoms with Gasteiger partial charge in [0, 0.05) is 36.4 Å². The van der Waals surface area contributed by atoms with E-state index in [-0.39, 0.29) is 31.7 Å². The van der Waals surface area contributed by atoms with Gasteiger partial charge in [-0.1, -0.05) is 41.1 Å². The number of benzene rings is 2. The van der Waals surface area contributed by atoms with Gasteiger partial charge in [-0.2, -0.15) is 0 Å². The first kappa shape index (κ1) is 28.2. The maximum atomic E-state index is 14.3. The number of halogens is 2. The number of aromatic nitrogens is 3. The van der Waals surface area contributed by atoms with Crippen LogP contribution in [0.15, 0.2) is 48.7 Å². The molecule has 198 valence electrons. The summed E-state index contributed by atoms with van der Waals surface area (Å²) in [6.07, 6.45) is 2.43. The molecule has 9 nitrogen and oxygen atoms in total. The van der Waals surface area contributed by atoms with Gasteiger partial charge in [-0.15, -0.1) is 5.10 Å². The van der Waals surface area contributed by atoms with Crippen LogP contribution in [0.25, 0.3) is 11.1 Å². The third-order valence-electron chi connectivity index (χ3n) is 6.13. The summed E-state index contributed by atoms with van der Waals surface area (Å²) in [5.74, 6) is -1.86. The highest BCUT2D eigenvalue weighted by Gasteiger charge is 2.36. The normalized spacial score (nSPS) is 13.6. The Kier molecular flexibility index (Phi) is 10.1. The number of amides is 1. The minimum Gasteiger partial charge on any atom is -0.481 e. The van der Waals surface area contributed by atoms with E-state index >= 15 is 0 Å². The molecular formula is C26H30ClFN4O5. The second kappa shape index (κ2) is 13.3. The van der Waals surface area contributed by atoms with Gasteiger partial charge in [-0.3, -0.25) is 14.7 Å². The van der Waals surface area contributed by atoms with Gasteiger partial charge in [-0.05, 0) is 61.9 Å². The maximum Gasteiger partial charge on any atom is 0.309 e. The number of aliphatic carboxylic acids is 1. The molecule has 2 aromatic carbocycles. The molecule has 0 bridgehead atoms. The molecule has 1 heterocycles. The van der Waals surface area contributed by atoms with Crippen molar-refractivity contribution in [2.75, 3.05) is 19.8 Å². The van der Waals surface area contributed by atoms with Crippen LogP contribution in [-0.4, -0.2) is 63.4 Å². The van der Waals surface area contributed by atoms with Crippen molar-refractivity contribution in [3.63, 3.8) is 0 Å². The number of carboxylic acid groups (broad SMARTS) is 1. The summed E-state index contributed by atoms with van der Waals surface area (Å²) in [5.41, 5.74) is 0.804. The van der Waals surface area contributed by atoms with E-state index in [0.29, 0.717) is 35.6 Å². The largest absolute Gasteiger partial charge is 0.481 e. The van der Waals surface area contributed by atoms with Gasteiger partial charge in [0.25, 0.3) is 5.91 Å². The standard InChI is InChI=1S/C26H30ClFN4O5/c1-26(25(35)36,9-12-37-11-2-10-33)15-20(30-24(34)23-16-29-32-31-23)13-17-3-5-18(6-4-17)21-14-19(27)7-8-22(21)28/h3-8,14,16,20,33H,2,9-13,15H2,1H3,(H,30,34)(H,35,36)(H,29,31,32)/t20-,26?/m1/s1. The Labute approximate surface area is 219 Å². The fourth-order valence-corrected chi connectivity index (χ4v) is 4.15. The molecule has 11 heteroatoms. The molecule has 3 rings (SSSR count). The topological polar surface area (TPSA) is 137 Å². The van der Waals surface area contributed by atoms with Crippen molar-refractivity contribution in [2.45, 2.75) is 38.6 Å². The SMILES string of the molecule is CC(CCOCCCO)(C[C@@H](Cc1ccc(-c2cc(Cl)ccc2F)cc1)NC(=O)c1cnn[nH]1)C(=O)O. The van der Waals surface area contributed by atoms with E-state index < -0.39 is 29.2 Å². The molecule has 1 amide bonds. The van der Waals surface area contributed by atoms with Gasteiger partial charge in [0.15, 0.2) is 0 Å². The van der Waals surface area contributed by atoms with E-state index in [9.17, 15) is 19.1 Å². The highest BCUT2D eigenvalue weighted by atomic mass is 35.5. The lowest BCUT2D eigenvalue weighted by Gasteiger charge is -2.30. The monoisotopic (exact) mass is 532 g/mol. The van der Waals surface area contributed by atoms with Crippen molar-refractivity contribution in [1.29, 1.82) is 0 Å². The highest BCUT2D eigenvalue weighted by molar-refractivity contribution is 6.30. The number of ether oxygens (including phenoxy) is 1. The molecular weight excluding hydrogens is 503 g/mol. The minimum absolute atomic E-state index is 0.00446. The van der Waals surface area contributed by atoms with Gasteiger partial charge < -0.3 is 20.3 Å². The lowest BCUT2D eigenvalue weighted by Crippen LogP contribution is -2.43. The van der Waals surface area contributed by atoms with Crippen molar-refractivity contribution in [3.8, 4) is 11.1 Å². The Hall–Kier alpha value is -3.34. The Balaban J connectivity index is 1.78. The number of carboxylic acids is 1. The van der Waals surface area contributed by atoms with E-state index in [1.807, 2.05) is 12.1 Å². The summed E-state index contributed by atoms with van der Waals surface area (Å²) in [7, 11) is 0. The van der Waals surface area contributed by atoms with Crippen LogP contribution in [0.3, 0.4) is 0 Å². The summed E-state index contributed by atoms with van der Waals surface area (Å²) < 4.78 is 19.7. The molecule has 4 N–H and O–H groups in total. The second-order valence-electron chi connectivity index (χ2n) is 9.08. The number of hydrogen-bond acceptors (Lipinski definition) is 6. The number of carbonyl (C=O) groups excluding carboxylic acids is 1. The number of nitrogens with zero attached hydrogens (tertiary/aromatic N) is 2. The predicted molar refractivity (Wildman–Crippen MR) is 136 cm³/mol. The third-order valence-corrected chi connectivity index (χ3v) is 6.36. The molecule has 37 heavy (non-hydrogen) atoms. The number of H-pyrrole nitrogens is 1. The molecule has 1 aromatic heterocycles. The first-order valence-corrected chi connectivity index (χ1v) is 12.2. The van der Waals surface area contributed by atoms with Crippen molar-refractivity contribution < 1.29 is 28.9 Å². The molecule has 0 aliphatic heterocycles. The molecule has 2 atom stereocenters. The average molecular weight is 533 g/mol. The molecule has 3 aromatic rings. The van der Waals surface area contributed by atoms with Crippen LogP contribution in [0.4, 0.5) is 4.39 Å². The molecule has 0 aliphatic carbocycles. The fourth-order valence-electron chi connectivity index (χ4n) is 3.97. The zero-order chi connectivity index (χ0) is 26.8. The Morgan fingerprint density at radius 2 is 1.97 bits per heavy atom. The summed E-state index contributed by atoms with van der Waals surface area (Å²) in [4.78, 5) is 25.0. The first-order chi connectivity index (χ1) is 17.7.